The molecule has 7 nitrogen and oxygen atoms in total. The summed E-state index contributed by atoms with van der Waals surface area (Å²) in [5, 5.41) is 0.645. The molecule has 3 aromatic carbocycles. The zero-order chi connectivity index (χ0) is 26.0. The lowest BCUT2D eigenvalue weighted by atomic mass is 10.2. The Morgan fingerprint density at radius 3 is 2.24 bits per heavy atom. The molecule has 0 spiro atoms. The number of sulfone groups is 1. The minimum Gasteiger partial charge on any atom is -0.497 e. The first-order valence-corrected chi connectivity index (χ1v) is 14.0. The molecule has 4 aromatic rings. The van der Waals surface area contributed by atoms with Gasteiger partial charge in [-0.05, 0) is 42.8 Å². The number of rotatable bonds is 7. The third kappa shape index (κ3) is 5.34. The van der Waals surface area contributed by atoms with E-state index in [-0.39, 0.29) is 23.1 Å². The number of methoxy groups -OCH3 is 1. The molecule has 5 rings (SSSR count). The number of benzene rings is 3. The number of aromatic nitrogens is 1. The van der Waals surface area contributed by atoms with Crippen LogP contribution in [0.4, 0.5) is 5.69 Å². The van der Waals surface area contributed by atoms with Gasteiger partial charge in [-0.1, -0.05) is 48.0 Å². The molecule has 1 fully saturated rings. The summed E-state index contributed by atoms with van der Waals surface area (Å²) in [6, 6.07) is 22.8. The van der Waals surface area contributed by atoms with Gasteiger partial charge in [-0.3, -0.25) is 4.79 Å². The number of piperazine rings is 1. The maximum absolute atomic E-state index is 13.4. The van der Waals surface area contributed by atoms with Gasteiger partial charge in [0.05, 0.1) is 17.8 Å². The van der Waals surface area contributed by atoms with Crippen LogP contribution in [0.5, 0.6) is 5.75 Å². The Balaban J connectivity index is 1.31. The van der Waals surface area contributed by atoms with Crippen molar-refractivity contribution in [2.45, 2.75) is 24.1 Å². The fraction of sp³-hybridized carbons (Fsp3) is 0.276. The highest BCUT2D eigenvalue weighted by Gasteiger charge is 2.25. The summed E-state index contributed by atoms with van der Waals surface area (Å²) >= 11 is 0. The smallest absolute Gasteiger partial charge is 0.242 e. The lowest BCUT2D eigenvalue weighted by molar-refractivity contribution is -0.132. The van der Waals surface area contributed by atoms with E-state index in [1.807, 2.05) is 84.6 Å². The molecule has 2 heterocycles. The third-order valence-corrected chi connectivity index (χ3v) is 8.65. The molecule has 37 heavy (non-hydrogen) atoms. The molecule has 1 saturated heterocycles. The molecule has 1 aliphatic heterocycles. The molecule has 1 aliphatic rings. The molecule has 192 valence electrons. The molecule has 0 aliphatic carbocycles. The molecule has 1 amide bonds. The number of carbonyl (C=O) groups excluding carboxylic acids is 1. The minimum atomic E-state index is -3.60. The van der Waals surface area contributed by atoms with Gasteiger partial charge in [0, 0.05) is 49.0 Å². The van der Waals surface area contributed by atoms with Crippen LogP contribution in [0.2, 0.25) is 0 Å². The van der Waals surface area contributed by atoms with Gasteiger partial charge in [-0.2, -0.15) is 0 Å². The van der Waals surface area contributed by atoms with Gasteiger partial charge in [0.25, 0.3) is 0 Å². The van der Waals surface area contributed by atoms with E-state index < -0.39 is 9.84 Å². The minimum absolute atomic E-state index is 0.0161. The van der Waals surface area contributed by atoms with Crippen LogP contribution in [-0.4, -0.2) is 57.1 Å². The van der Waals surface area contributed by atoms with Crippen molar-refractivity contribution in [3.63, 3.8) is 0 Å². The maximum Gasteiger partial charge on any atom is 0.242 e. The fourth-order valence-corrected chi connectivity index (χ4v) is 6.41. The lowest BCUT2D eigenvalue weighted by Crippen LogP contribution is -2.49. The number of carbonyl (C=O) groups is 1. The van der Waals surface area contributed by atoms with Crippen LogP contribution >= 0.6 is 0 Å². The summed E-state index contributed by atoms with van der Waals surface area (Å²) in [5.74, 6) is 0.720. The Hall–Kier alpha value is -3.78. The highest BCUT2D eigenvalue weighted by atomic mass is 32.2. The predicted octanol–water partition coefficient (Wildman–Crippen LogP) is 4.28. The lowest BCUT2D eigenvalue weighted by Gasteiger charge is -2.36. The Morgan fingerprint density at radius 1 is 0.892 bits per heavy atom. The second kappa shape index (κ2) is 10.3. The van der Waals surface area contributed by atoms with Crippen molar-refractivity contribution < 1.29 is 17.9 Å². The molecule has 1 aromatic heterocycles. The highest BCUT2D eigenvalue weighted by molar-refractivity contribution is 7.90. The van der Waals surface area contributed by atoms with Gasteiger partial charge in [0.15, 0.2) is 9.84 Å². The molecule has 8 heteroatoms. The van der Waals surface area contributed by atoms with Crippen molar-refractivity contribution in [2.75, 3.05) is 38.2 Å². The number of hydrogen-bond donors (Lipinski definition) is 0. The fourth-order valence-electron chi connectivity index (χ4n) is 4.83. The van der Waals surface area contributed by atoms with Crippen molar-refractivity contribution in [1.29, 1.82) is 0 Å². The van der Waals surface area contributed by atoms with Crippen LogP contribution in [0.25, 0.3) is 10.9 Å². The number of aryl methyl sites for hydroxylation is 1. The summed E-state index contributed by atoms with van der Waals surface area (Å²) in [4.78, 5) is 17.6. The van der Waals surface area contributed by atoms with E-state index in [9.17, 15) is 13.2 Å². The number of amides is 1. The molecular formula is C29H31N3O4S. The Kier molecular flexibility index (Phi) is 6.93. The maximum atomic E-state index is 13.4. The SMILES string of the molecule is COc1ccc(N2CCN(C(=O)Cn3cc(S(=O)(=O)Cc4ccc(C)cc4)c4ccccc43)CC2)cc1. The summed E-state index contributed by atoms with van der Waals surface area (Å²) in [6.45, 7) is 4.78. The van der Waals surface area contributed by atoms with E-state index in [1.165, 1.54) is 0 Å². The van der Waals surface area contributed by atoms with Crippen LogP contribution in [0.3, 0.4) is 0 Å². The average Bonchev–Trinajstić information content (AvgIpc) is 3.29. The number of para-hydroxylation sites is 1. The van der Waals surface area contributed by atoms with Crippen LogP contribution in [0.1, 0.15) is 11.1 Å². The largest absolute Gasteiger partial charge is 0.497 e. The first kappa shape index (κ1) is 24.9. The first-order chi connectivity index (χ1) is 17.8. The molecule has 0 unspecified atom stereocenters. The molecule has 0 atom stereocenters. The Morgan fingerprint density at radius 2 is 1.57 bits per heavy atom. The first-order valence-electron chi connectivity index (χ1n) is 12.4. The number of nitrogens with zero attached hydrogens (tertiary/aromatic N) is 3. The van der Waals surface area contributed by atoms with Crippen molar-refractivity contribution in [3.05, 3.63) is 90.1 Å². The second-order valence-electron chi connectivity index (χ2n) is 9.45. The van der Waals surface area contributed by atoms with Gasteiger partial charge in [-0.25, -0.2) is 8.42 Å². The van der Waals surface area contributed by atoms with Crippen LogP contribution < -0.4 is 9.64 Å². The quantitative estimate of drug-likeness (QED) is 0.366. The second-order valence-corrected chi connectivity index (χ2v) is 11.4. The molecular weight excluding hydrogens is 486 g/mol. The van der Waals surface area contributed by atoms with E-state index in [1.54, 1.807) is 17.9 Å². The van der Waals surface area contributed by atoms with E-state index in [2.05, 4.69) is 4.90 Å². The molecule has 0 saturated carbocycles. The summed E-state index contributed by atoms with van der Waals surface area (Å²) in [6.07, 6.45) is 1.62. The number of anilines is 1. The summed E-state index contributed by atoms with van der Waals surface area (Å²) < 4.78 is 33.8. The summed E-state index contributed by atoms with van der Waals surface area (Å²) in [7, 11) is -1.95. The molecule has 0 radical (unpaired) electrons. The number of ether oxygens (including phenoxy) is 1. The van der Waals surface area contributed by atoms with E-state index in [4.69, 9.17) is 4.74 Å². The van der Waals surface area contributed by atoms with Gasteiger partial charge in [-0.15, -0.1) is 0 Å². The van der Waals surface area contributed by atoms with Crippen LogP contribution in [0, 0.1) is 6.92 Å². The van der Waals surface area contributed by atoms with Gasteiger partial charge in [0.1, 0.15) is 12.3 Å². The van der Waals surface area contributed by atoms with E-state index in [0.29, 0.717) is 18.5 Å². The van der Waals surface area contributed by atoms with Crippen molar-refractivity contribution >= 4 is 32.3 Å². The normalized spacial score (nSPS) is 14.2. The van der Waals surface area contributed by atoms with Crippen LogP contribution in [-0.2, 0) is 26.9 Å². The monoisotopic (exact) mass is 517 g/mol. The average molecular weight is 518 g/mol. The predicted molar refractivity (Wildman–Crippen MR) is 146 cm³/mol. The zero-order valence-corrected chi connectivity index (χ0v) is 21.9. The number of fused-ring (bicyclic) bond motifs is 1. The zero-order valence-electron chi connectivity index (χ0n) is 21.1. The van der Waals surface area contributed by atoms with Gasteiger partial charge >= 0.3 is 0 Å². The van der Waals surface area contributed by atoms with Crippen molar-refractivity contribution in [2.24, 2.45) is 0 Å². The Bertz CT molecular complexity index is 1500. The van der Waals surface area contributed by atoms with Gasteiger partial charge < -0.3 is 19.1 Å². The molecule has 0 bridgehead atoms. The van der Waals surface area contributed by atoms with Crippen molar-refractivity contribution in [1.82, 2.24) is 9.47 Å². The highest BCUT2D eigenvalue weighted by Crippen LogP contribution is 2.28. The van der Waals surface area contributed by atoms with E-state index >= 15 is 0 Å². The summed E-state index contributed by atoms with van der Waals surface area (Å²) in [5.41, 5.74) is 3.68. The Labute approximate surface area is 217 Å². The third-order valence-electron chi connectivity index (χ3n) is 6.94. The van der Waals surface area contributed by atoms with Gasteiger partial charge in [0.2, 0.25) is 5.91 Å². The number of hydrogen-bond acceptors (Lipinski definition) is 5. The standard InChI is InChI=1S/C29H31N3O4S/c1-22-7-9-23(10-8-22)21-37(34,35)28-19-32(27-6-4-3-5-26(27)28)20-29(33)31-17-15-30(16-18-31)24-11-13-25(36-2)14-12-24/h3-14,19H,15-18,20-21H2,1-2H3. The topological polar surface area (TPSA) is 71.8 Å². The van der Waals surface area contributed by atoms with E-state index in [0.717, 1.165) is 41.2 Å². The molecule has 0 N–H and O–H groups in total. The van der Waals surface area contributed by atoms with Crippen molar-refractivity contribution in [3.8, 4) is 5.75 Å². The van der Waals surface area contributed by atoms with Crippen LogP contribution in [0.15, 0.2) is 83.9 Å².